The van der Waals surface area contributed by atoms with Gasteiger partial charge in [0.05, 0.1) is 5.69 Å². The fourth-order valence-corrected chi connectivity index (χ4v) is 2.21. The van der Waals surface area contributed by atoms with Gasteiger partial charge in [-0.1, -0.05) is 13.8 Å². The number of nitrogen functional groups attached to an aromatic ring is 1. The van der Waals surface area contributed by atoms with Crippen LogP contribution in [0.25, 0.3) is 11.3 Å². The summed E-state index contributed by atoms with van der Waals surface area (Å²) in [7, 11) is 1.80. The molecule has 0 saturated carbocycles. The topological polar surface area (TPSA) is 43.8 Å². The van der Waals surface area contributed by atoms with Crippen molar-refractivity contribution >= 4 is 5.82 Å². The number of nitrogens with two attached hydrogens (primary N) is 1. The summed E-state index contributed by atoms with van der Waals surface area (Å²) in [6.45, 7) is 5.99. The van der Waals surface area contributed by atoms with Crippen molar-refractivity contribution < 1.29 is 4.39 Å². The minimum absolute atomic E-state index is 0.246. The highest BCUT2D eigenvalue weighted by Gasteiger charge is 2.18. The first kappa shape index (κ1) is 12.6. The van der Waals surface area contributed by atoms with Crippen LogP contribution in [0.1, 0.15) is 30.9 Å². The molecule has 0 aliphatic rings. The van der Waals surface area contributed by atoms with E-state index in [1.807, 2.05) is 13.0 Å². The lowest BCUT2D eigenvalue weighted by atomic mass is 9.98. The zero-order valence-electron chi connectivity index (χ0n) is 11.2. The van der Waals surface area contributed by atoms with Crippen LogP contribution in [0.5, 0.6) is 0 Å². The number of rotatable bonds is 2. The van der Waals surface area contributed by atoms with Crippen LogP contribution in [0.2, 0.25) is 0 Å². The van der Waals surface area contributed by atoms with Gasteiger partial charge in [-0.2, -0.15) is 5.10 Å². The summed E-state index contributed by atoms with van der Waals surface area (Å²) in [5.74, 6) is 0.642. The molecule has 0 aliphatic carbocycles. The van der Waals surface area contributed by atoms with Crippen molar-refractivity contribution in [3.8, 4) is 11.3 Å². The van der Waals surface area contributed by atoms with Gasteiger partial charge < -0.3 is 5.73 Å². The van der Waals surface area contributed by atoms with Gasteiger partial charge in [-0.3, -0.25) is 4.68 Å². The Labute approximate surface area is 106 Å². The minimum atomic E-state index is -0.246. The number of halogens is 1. The average Bonchev–Trinajstić information content (AvgIpc) is 2.54. The van der Waals surface area contributed by atoms with E-state index < -0.39 is 0 Å². The molecule has 0 aliphatic heterocycles. The van der Waals surface area contributed by atoms with Gasteiger partial charge >= 0.3 is 0 Å². The predicted molar refractivity (Wildman–Crippen MR) is 71.8 cm³/mol. The normalized spacial score (nSPS) is 11.2. The molecule has 0 fully saturated rings. The van der Waals surface area contributed by atoms with Crippen molar-refractivity contribution in [2.75, 3.05) is 5.73 Å². The van der Waals surface area contributed by atoms with Crippen LogP contribution in [-0.4, -0.2) is 9.78 Å². The first-order valence-electron chi connectivity index (χ1n) is 6.00. The van der Waals surface area contributed by atoms with Crippen LogP contribution in [0, 0.1) is 12.7 Å². The Morgan fingerprint density at radius 1 is 1.28 bits per heavy atom. The Balaban J connectivity index is 2.67. The van der Waals surface area contributed by atoms with Crippen molar-refractivity contribution in [3.05, 3.63) is 35.1 Å². The SMILES string of the molecule is Cc1cc(F)cc(-c2nn(C)c(N)c2C(C)C)c1. The molecule has 0 amide bonds. The molecule has 2 rings (SSSR count). The van der Waals surface area contributed by atoms with Gasteiger partial charge in [0, 0.05) is 18.2 Å². The number of aryl methyl sites for hydroxylation is 2. The Morgan fingerprint density at radius 3 is 2.50 bits per heavy atom. The first-order valence-corrected chi connectivity index (χ1v) is 6.00. The second-order valence-corrected chi connectivity index (χ2v) is 4.94. The zero-order chi connectivity index (χ0) is 13.4. The van der Waals surface area contributed by atoms with E-state index in [4.69, 9.17) is 5.73 Å². The van der Waals surface area contributed by atoms with E-state index >= 15 is 0 Å². The fourth-order valence-electron chi connectivity index (χ4n) is 2.21. The molecular formula is C14H18FN3. The van der Waals surface area contributed by atoms with E-state index in [1.54, 1.807) is 11.7 Å². The maximum Gasteiger partial charge on any atom is 0.125 e. The molecule has 0 bridgehead atoms. The summed E-state index contributed by atoms with van der Waals surface area (Å²) in [5.41, 5.74) is 9.43. The lowest BCUT2D eigenvalue weighted by Gasteiger charge is -2.08. The average molecular weight is 247 g/mol. The van der Waals surface area contributed by atoms with Crippen LogP contribution in [0.15, 0.2) is 18.2 Å². The molecule has 1 aromatic carbocycles. The number of aromatic nitrogens is 2. The Hall–Kier alpha value is -1.84. The van der Waals surface area contributed by atoms with Crippen LogP contribution in [-0.2, 0) is 7.05 Å². The van der Waals surface area contributed by atoms with E-state index in [0.717, 1.165) is 22.4 Å². The molecule has 4 heteroatoms. The number of hydrogen-bond acceptors (Lipinski definition) is 2. The Kier molecular flexibility index (Phi) is 3.11. The molecule has 96 valence electrons. The molecule has 0 unspecified atom stereocenters. The predicted octanol–water partition coefficient (Wildman–Crippen LogP) is 3.24. The molecule has 2 N–H and O–H groups in total. The number of benzene rings is 1. The van der Waals surface area contributed by atoms with E-state index in [9.17, 15) is 4.39 Å². The van der Waals surface area contributed by atoms with Crippen LogP contribution >= 0.6 is 0 Å². The lowest BCUT2D eigenvalue weighted by molar-refractivity contribution is 0.627. The summed E-state index contributed by atoms with van der Waals surface area (Å²) in [5, 5.41) is 4.41. The molecule has 2 aromatic rings. The molecule has 0 saturated heterocycles. The van der Waals surface area contributed by atoms with Gasteiger partial charge in [0.1, 0.15) is 11.6 Å². The van der Waals surface area contributed by atoms with E-state index in [-0.39, 0.29) is 11.7 Å². The lowest BCUT2D eigenvalue weighted by Crippen LogP contribution is -2.00. The van der Waals surface area contributed by atoms with Gasteiger partial charge in [-0.25, -0.2) is 4.39 Å². The van der Waals surface area contributed by atoms with E-state index in [1.165, 1.54) is 12.1 Å². The first-order chi connectivity index (χ1) is 8.40. The van der Waals surface area contributed by atoms with Gasteiger partial charge in [0.25, 0.3) is 0 Å². The molecule has 0 radical (unpaired) electrons. The second kappa shape index (κ2) is 4.44. The highest BCUT2D eigenvalue weighted by molar-refractivity contribution is 5.69. The highest BCUT2D eigenvalue weighted by atomic mass is 19.1. The van der Waals surface area contributed by atoms with Crippen molar-refractivity contribution in [2.45, 2.75) is 26.7 Å². The van der Waals surface area contributed by atoms with Crippen LogP contribution < -0.4 is 5.73 Å². The summed E-state index contributed by atoms with van der Waals surface area (Å²) >= 11 is 0. The largest absolute Gasteiger partial charge is 0.384 e. The number of anilines is 1. The quantitative estimate of drug-likeness (QED) is 0.885. The van der Waals surface area contributed by atoms with Crippen molar-refractivity contribution in [1.82, 2.24) is 9.78 Å². The van der Waals surface area contributed by atoms with Gasteiger partial charge in [-0.15, -0.1) is 0 Å². The van der Waals surface area contributed by atoms with Crippen molar-refractivity contribution in [1.29, 1.82) is 0 Å². The molecular weight excluding hydrogens is 229 g/mol. The molecule has 3 nitrogen and oxygen atoms in total. The third-order valence-electron chi connectivity index (χ3n) is 3.02. The zero-order valence-corrected chi connectivity index (χ0v) is 11.2. The maximum absolute atomic E-state index is 13.5. The molecule has 1 heterocycles. The molecule has 0 spiro atoms. The monoisotopic (exact) mass is 247 g/mol. The summed E-state index contributed by atoms with van der Waals surface area (Å²) in [6, 6.07) is 4.93. The van der Waals surface area contributed by atoms with Gasteiger partial charge in [0.2, 0.25) is 0 Å². The summed E-state index contributed by atoms with van der Waals surface area (Å²) in [6.07, 6.45) is 0. The van der Waals surface area contributed by atoms with E-state index in [2.05, 4.69) is 18.9 Å². The fraction of sp³-hybridized carbons (Fsp3) is 0.357. The Bertz CT molecular complexity index is 565. The molecule has 1 aromatic heterocycles. The molecule has 18 heavy (non-hydrogen) atoms. The third kappa shape index (κ3) is 2.10. The van der Waals surface area contributed by atoms with Crippen molar-refractivity contribution in [2.24, 2.45) is 7.05 Å². The van der Waals surface area contributed by atoms with Crippen molar-refractivity contribution in [3.63, 3.8) is 0 Å². The highest BCUT2D eigenvalue weighted by Crippen LogP contribution is 2.33. The van der Waals surface area contributed by atoms with Gasteiger partial charge in [0.15, 0.2) is 0 Å². The van der Waals surface area contributed by atoms with Crippen LogP contribution in [0.3, 0.4) is 0 Å². The second-order valence-electron chi connectivity index (χ2n) is 4.94. The summed E-state index contributed by atoms with van der Waals surface area (Å²) < 4.78 is 15.1. The molecule has 0 atom stereocenters. The minimum Gasteiger partial charge on any atom is -0.384 e. The standard InChI is InChI=1S/C14H18FN3/c1-8(2)12-13(17-18(4)14(12)16)10-5-9(3)6-11(15)7-10/h5-8H,16H2,1-4H3. The maximum atomic E-state index is 13.5. The summed E-state index contributed by atoms with van der Waals surface area (Å²) in [4.78, 5) is 0. The van der Waals surface area contributed by atoms with E-state index in [0.29, 0.717) is 5.82 Å². The number of hydrogen-bond donors (Lipinski definition) is 1. The third-order valence-corrected chi connectivity index (χ3v) is 3.02. The van der Waals surface area contributed by atoms with Crippen LogP contribution in [0.4, 0.5) is 10.2 Å². The smallest absolute Gasteiger partial charge is 0.125 e. The van der Waals surface area contributed by atoms with Gasteiger partial charge in [-0.05, 0) is 36.6 Å². The Morgan fingerprint density at radius 2 is 1.94 bits per heavy atom. The number of nitrogens with zero attached hydrogens (tertiary/aromatic N) is 2.